The molecule has 0 fully saturated rings. The van der Waals surface area contributed by atoms with Crippen molar-refractivity contribution in [2.24, 2.45) is 0 Å². The second kappa shape index (κ2) is 8.06. The molecular weight excluding hydrogens is 386 g/mol. The summed E-state index contributed by atoms with van der Waals surface area (Å²) >= 11 is 0. The Labute approximate surface area is 181 Å². The fourth-order valence-electron chi connectivity index (χ4n) is 4.05. The molecule has 0 amide bonds. The van der Waals surface area contributed by atoms with Crippen LogP contribution in [-0.4, -0.2) is 10.8 Å². The van der Waals surface area contributed by atoms with Gasteiger partial charge in [0.25, 0.3) is 0 Å². The van der Waals surface area contributed by atoms with Gasteiger partial charge in [-0.25, -0.2) is 4.98 Å². The number of carbonyl (C=O) groups is 1. The van der Waals surface area contributed by atoms with Gasteiger partial charge in [0, 0.05) is 16.5 Å². The van der Waals surface area contributed by atoms with E-state index in [0.717, 1.165) is 50.0 Å². The van der Waals surface area contributed by atoms with Crippen LogP contribution in [0.5, 0.6) is 0 Å². The predicted octanol–water partition coefficient (Wildman–Crippen LogP) is 6.16. The summed E-state index contributed by atoms with van der Waals surface area (Å²) in [6.07, 6.45) is -0.460. The van der Waals surface area contributed by atoms with Crippen molar-refractivity contribution < 1.29 is 14.3 Å². The first kappa shape index (κ1) is 19.6. The lowest BCUT2D eigenvalue weighted by Crippen LogP contribution is -2.05. The Morgan fingerprint density at radius 3 is 2.65 bits per heavy atom. The maximum absolute atomic E-state index is 11.5. The first-order valence-electron chi connectivity index (χ1n) is 10.4. The van der Waals surface area contributed by atoms with E-state index in [1.165, 1.54) is 0 Å². The molecule has 1 aliphatic rings. The Hall–Kier alpha value is -3.34. The molecule has 4 heteroatoms. The number of benzene rings is 3. The summed E-state index contributed by atoms with van der Waals surface area (Å²) in [6, 6.07) is 24.3. The van der Waals surface area contributed by atoms with Crippen molar-refractivity contribution in [1.29, 1.82) is 0 Å². The lowest BCUT2D eigenvalue weighted by Gasteiger charge is -2.14. The van der Waals surface area contributed by atoms with E-state index in [1.807, 2.05) is 42.5 Å². The van der Waals surface area contributed by atoms with E-state index in [4.69, 9.17) is 14.5 Å². The molecule has 1 atom stereocenters. The number of hydrogen-bond acceptors (Lipinski definition) is 4. The SMILES string of the molecule is CC(=O)c1ccc(-c2cc(C)cc(COC3OCc4cc5ccccc5nc43)c2)cc1. The zero-order valence-electron chi connectivity index (χ0n) is 17.6. The molecule has 1 aliphatic heterocycles. The molecule has 0 radical (unpaired) electrons. The van der Waals surface area contributed by atoms with Crippen molar-refractivity contribution in [3.05, 3.63) is 101 Å². The van der Waals surface area contributed by atoms with E-state index >= 15 is 0 Å². The highest BCUT2D eigenvalue weighted by Crippen LogP contribution is 2.33. The van der Waals surface area contributed by atoms with Gasteiger partial charge in [-0.2, -0.15) is 0 Å². The zero-order valence-corrected chi connectivity index (χ0v) is 17.6. The summed E-state index contributed by atoms with van der Waals surface area (Å²) in [5.41, 5.74) is 8.03. The van der Waals surface area contributed by atoms with E-state index in [2.05, 4.69) is 37.3 Å². The number of Topliss-reactive ketones (excluding diaryl/α,β-unsaturated/α-hetero) is 1. The summed E-state index contributed by atoms with van der Waals surface area (Å²) in [4.78, 5) is 16.3. The number of aryl methyl sites for hydroxylation is 1. The van der Waals surface area contributed by atoms with Gasteiger partial charge < -0.3 is 9.47 Å². The number of pyridine rings is 1. The third-order valence-corrected chi connectivity index (χ3v) is 5.61. The number of ketones is 1. The summed E-state index contributed by atoms with van der Waals surface area (Å²) in [7, 11) is 0. The molecule has 154 valence electrons. The molecule has 0 spiro atoms. The second-order valence-electron chi connectivity index (χ2n) is 8.02. The quantitative estimate of drug-likeness (QED) is 0.371. The largest absolute Gasteiger partial charge is 0.342 e. The van der Waals surface area contributed by atoms with Crippen molar-refractivity contribution >= 4 is 16.7 Å². The average Bonchev–Trinajstić information content (AvgIpc) is 3.17. The number of rotatable bonds is 5. The minimum absolute atomic E-state index is 0.0723. The Balaban J connectivity index is 1.36. The minimum atomic E-state index is -0.460. The maximum Gasteiger partial charge on any atom is 0.202 e. The molecule has 0 saturated carbocycles. The van der Waals surface area contributed by atoms with Crippen molar-refractivity contribution in [2.45, 2.75) is 33.4 Å². The predicted molar refractivity (Wildman–Crippen MR) is 121 cm³/mol. The zero-order chi connectivity index (χ0) is 21.4. The number of para-hydroxylation sites is 1. The van der Waals surface area contributed by atoms with Crippen LogP contribution in [0.4, 0.5) is 0 Å². The Morgan fingerprint density at radius 1 is 1.03 bits per heavy atom. The molecule has 3 aromatic carbocycles. The number of ether oxygens (including phenoxy) is 2. The van der Waals surface area contributed by atoms with E-state index < -0.39 is 6.29 Å². The standard InChI is InChI=1S/C27H23NO3/c1-17-11-19(13-23(12-17)21-9-7-20(8-10-21)18(2)29)15-30-27-26-24(16-31-27)14-22-5-3-4-6-25(22)28-26/h3-14,27H,15-16H2,1-2H3. The topological polar surface area (TPSA) is 48.4 Å². The van der Waals surface area contributed by atoms with Crippen molar-refractivity contribution in [3.63, 3.8) is 0 Å². The van der Waals surface area contributed by atoms with Crippen LogP contribution in [-0.2, 0) is 22.7 Å². The highest BCUT2D eigenvalue weighted by Gasteiger charge is 2.26. The van der Waals surface area contributed by atoms with E-state index in [1.54, 1.807) is 6.92 Å². The smallest absolute Gasteiger partial charge is 0.202 e. The molecule has 1 aromatic heterocycles. The lowest BCUT2D eigenvalue weighted by atomic mass is 9.99. The van der Waals surface area contributed by atoms with Gasteiger partial charge in [0.05, 0.1) is 18.7 Å². The van der Waals surface area contributed by atoms with Crippen LogP contribution < -0.4 is 0 Å². The molecular formula is C27H23NO3. The van der Waals surface area contributed by atoms with Crippen LogP contribution in [0.25, 0.3) is 22.0 Å². The van der Waals surface area contributed by atoms with Gasteiger partial charge >= 0.3 is 0 Å². The van der Waals surface area contributed by atoms with Crippen LogP contribution in [0.15, 0.2) is 72.8 Å². The first-order chi connectivity index (χ1) is 15.1. The van der Waals surface area contributed by atoms with Crippen LogP contribution in [0.1, 0.15) is 46.0 Å². The molecule has 0 saturated heterocycles. The molecule has 5 rings (SSSR count). The molecule has 1 unspecified atom stereocenters. The first-order valence-corrected chi connectivity index (χ1v) is 10.4. The Kier molecular flexibility index (Phi) is 5.10. The van der Waals surface area contributed by atoms with Crippen LogP contribution in [0, 0.1) is 6.92 Å². The van der Waals surface area contributed by atoms with Gasteiger partial charge in [-0.3, -0.25) is 4.79 Å². The van der Waals surface area contributed by atoms with Gasteiger partial charge in [-0.15, -0.1) is 0 Å². The Morgan fingerprint density at radius 2 is 1.84 bits per heavy atom. The van der Waals surface area contributed by atoms with Crippen LogP contribution >= 0.6 is 0 Å². The minimum Gasteiger partial charge on any atom is -0.342 e. The van der Waals surface area contributed by atoms with Gasteiger partial charge in [-0.1, -0.05) is 60.2 Å². The third kappa shape index (κ3) is 4.00. The molecule has 4 aromatic rings. The summed E-state index contributed by atoms with van der Waals surface area (Å²) in [5.74, 6) is 0.0723. The number of hydrogen-bond donors (Lipinski definition) is 0. The average molecular weight is 409 g/mol. The maximum atomic E-state index is 11.5. The van der Waals surface area contributed by atoms with E-state index in [-0.39, 0.29) is 5.78 Å². The van der Waals surface area contributed by atoms with Gasteiger partial charge in [-0.05, 0) is 48.7 Å². The molecule has 0 N–H and O–H groups in total. The molecule has 4 nitrogen and oxygen atoms in total. The summed E-state index contributed by atoms with van der Waals surface area (Å²) < 4.78 is 12.0. The molecule has 31 heavy (non-hydrogen) atoms. The van der Waals surface area contributed by atoms with E-state index in [9.17, 15) is 4.79 Å². The highest BCUT2D eigenvalue weighted by molar-refractivity contribution is 5.94. The number of fused-ring (bicyclic) bond motifs is 2. The fourth-order valence-corrected chi connectivity index (χ4v) is 4.05. The van der Waals surface area contributed by atoms with Gasteiger partial charge in [0.15, 0.2) is 5.78 Å². The highest BCUT2D eigenvalue weighted by atomic mass is 16.7. The monoisotopic (exact) mass is 409 g/mol. The lowest BCUT2D eigenvalue weighted by molar-refractivity contribution is -0.147. The second-order valence-corrected chi connectivity index (χ2v) is 8.02. The molecule has 2 heterocycles. The molecule has 0 bridgehead atoms. The van der Waals surface area contributed by atoms with E-state index in [0.29, 0.717) is 13.2 Å². The Bertz CT molecular complexity index is 1280. The van der Waals surface area contributed by atoms with Crippen molar-refractivity contribution in [1.82, 2.24) is 4.98 Å². The molecule has 0 aliphatic carbocycles. The fraction of sp³-hybridized carbons (Fsp3) is 0.185. The normalized spacial score (nSPS) is 15.2. The third-order valence-electron chi connectivity index (χ3n) is 5.61. The number of nitrogens with zero attached hydrogens (tertiary/aromatic N) is 1. The van der Waals surface area contributed by atoms with Crippen molar-refractivity contribution in [2.75, 3.05) is 0 Å². The summed E-state index contributed by atoms with van der Waals surface area (Å²) in [6.45, 7) is 4.60. The van der Waals surface area contributed by atoms with Crippen LogP contribution in [0.2, 0.25) is 0 Å². The van der Waals surface area contributed by atoms with Crippen molar-refractivity contribution in [3.8, 4) is 11.1 Å². The summed E-state index contributed by atoms with van der Waals surface area (Å²) in [5, 5.41) is 1.12. The van der Waals surface area contributed by atoms with Crippen LogP contribution in [0.3, 0.4) is 0 Å². The van der Waals surface area contributed by atoms with Gasteiger partial charge in [0.2, 0.25) is 6.29 Å². The van der Waals surface area contributed by atoms with Gasteiger partial charge in [0.1, 0.15) is 5.69 Å². The number of aromatic nitrogens is 1. The number of carbonyl (C=O) groups excluding carboxylic acids is 1.